The molecule has 1 aromatic heterocycles. The van der Waals surface area contributed by atoms with Crippen molar-refractivity contribution in [2.45, 2.75) is 49.7 Å². The third-order valence-electron chi connectivity index (χ3n) is 4.98. The monoisotopic (exact) mass is 244 g/mol. The predicted molar refractivity (Wildman–Crippen MR) is 69.5 cm³/mol. The van der Waals surface area contributed by atoms with E-state index in [1.54, 1.807) is 0 Å². The van der Waals surface area contributed by atoms with Crippen molar-refractivity contribution in [2.75, 3.05) is 13.1 Å². The smallest absolute Gasteiger partial charge is 0.0869 e. The topological polar surface area (TPSA) is 36.4 Å². The normalized spacial score (nSPS) is 35.9. The van der Waals surface area contributed by atoms with Crippen molar-refractivity contribution in [2.24, 2.45) is 0 Å². The summed E-state index contributed by atoms with van der Waals surface area (Å²) in [5, 5.41) is 11.0. The molecule has 2 unspecified atom stereocenters. The lowest BCUT2D eigenvalue weighted by molar-refractivity contribution is 0.0195. The Kier molecular flexibility index (Phi) is 2.30. The summed E-state index contributed by atoms with van der Waals surface area (Å²) in [4.78, 5) is 7.02. The molecule has 1 aliphatic heterocycles. The van der Waals surface area contributed by atoms with Crippen LogP contribution >= 0.6 is 0 Å². The van der Waals surface area contributed by atoms with Crippen LogP contribution in [0.5, 0.6) is 0 Å². The van der Waals surface area contributed by atoms with Crippen LogP contribution in [0.4, 0.5) is 0 Å². The lowest BCUT2D eigenvalue weighted by Gasteiger charge is -2.30. The van der Waals surface area contributed by atoms with E-state index in [-0.39, 0.29) is 5.92 Å². The van der Waals surface area contributed by atoms with E-state index in [1.165, 1.54) is 18.4 Å². The molecule has 1 saturated heterocycles. The molecule has 0 bridgehead atoms. The molecule has 0 aromatic carbocycles. The van der Waals surface area contributed by atoms with E-state index in [9.17, 15) is 5.11 Å². The Bertz CT molecular complexity index is 471. The maximum atomic E-state index is 11.0. The van der Waals surface area contributed by atoms with E-state index in [1.807, 2.05) is 12.3 Å². The van der Waals surface area contributed by atoms with Gasteiger partial charge >= 0.3 is 0 Å². The summed E-state index contributed by atoms with van der Waals surface area (Å²) in [7, 11) is 0. The zero-order valence-electron chi connectivity index (χ0n) is 10.7. The Balaban J connectivity index is 1.60. The number of nitrogens with zero attached hydrogens (tertiary/aromatic N) is 2. The summed E-state index contributed by atoms with van der Waals surface area (Å²) in [6, 6.07) is 4.94. The van der Waals surface area contributed by atoms with Gasteiger partial charge in [0.1, 0.15) is 0 Å². The molecule has 3 heteroatoms. The second-order valence-electron chi connectivity index (χ2n) is 6.19. The highest BCUT2D eigenvalue weighted by Gasteiger charge is 2.49. The van der Waals surface area contributed by atoms with Crippen molar-refractivity contribution in [1.29, 1.82) is 0 Å². The first kappa shape index (κ1) is 10.9. The van der Waals surface area contributed by atoms with Gasteiger partial charge in [0.25, 0.3) is 0 Å². The average Bonchev–Trinajstić information content (AvgIpc) is 3.01. The molecule has 96 valence electrons. The van der Waals surface area contributed by atoms with E-state index in [4.69, 9.17) is 0 Å². The van der Waals surface area contributed by atoms with Crippen LogP contribution in [-0.4, -0.2) is 39.7 Å². The van der Waals surface area contributed by atoms with Crippen LogP contribution in [0, 0.1) is 0 Å². The zero-order chi connectivity index (χ0) is 12.2. The standard InChI is InChI=1S/C15H20N2O/c18-15(7-9-17(10-15)12-4-5-12)13-6-3-11-2-1-8-16-14(11)13/h1-2,8,12-13,18H,3-7,9-10H2. The van der Waals surface area contributed by atoms with Crippen molar-refractivity contribution in [3.05, 3.63) is 29.6 Å². The minimum atomic E-state index is -0.526. The molecular weight excluding hydrogens is 224 g/mol. The molecule has 2 aliphatic carbocycles. The third kappa shape index (κ3) is 1.61. The zero-order valence-corrected chi connectivity index (χ0v) is 10.7. The molecule has 1 N–H and O–H groups in total. The summed E-state index contributed by atoms with van der Waals surface area (Å²) in [5.74, 6) is 0.262. The highest BCUT2D eigenvalue weighted by Crippen LogP contribution is 2.45. The van der Waals surface area contributed by atoms with Gasteiger partial charge in [0.05, 0.1) is 5.60 Å². The summed E-state index contributed by atoms with van der Waals surface area (Å²) in [6.45, 7) is 1.93. The number of hydrogen-bond donors (Lipinski definition) is 1. The molecule has 0 radical (unpaired) electrons. The van der Waals surface area contributed by atoms with Gasteiger partial charge in [0, 0.05) is 36.9 Å². The maximum absolute atomic E-state index is 11.0. The molecule has 1 saturated carbocycles. The van der Waals surface area contributed by atoms with Gasteiger partial charge in [-0.1, -0.05) is 6.07 Å². The molecule has 2 heterocycles. The number of likely N-dealkylation sites (tertiary alicyclic amines) is 1. The van der Waals surface area contributed by atoms with Gasteiger partial charge < -0.3 is 5.11 Å². The lowest BCUT2D eigenvalue weighted by Crippen LogP contribution is -2.39. The van der Waals surface area contributed by atoms with Crippen LogP contribution in [0.15, 0.2) is 18.3 Å². The van der Waals surface area contributed by atoms with Crippen molar-refractivity contribution in [1.82, 2.24) is 9.88 Å². The van der Waals surface area contributed by atoms with Crippen molar-refractivity contribution in [3.8, 4) is 0 Å². The van der Waals surface area contributed by atoms with E-state index < -0.39 is 5.60 Å². The molecule has 4 rings (SSSR count). The molecule has 18 heavy (non-hydrogen) atoms. The number of aryl methyl sites for hydroxylation is 1. The summed E-state index contributed by atoms with van der Waals surface area (Å²) in [5.41, 5.74) is 1.99. The molecule has 3 aliphatic rings. The fraction of sp³-hybridized carbons (Fsp3) is 0.667. The number of aliphatic hydroxyl groups is 1. The number of pyridine rings is 1. The van der Waals surface area contributed by atoms with Crippen LogP contribution < -0.4 is 0 Å². The molecule has 3 nitrogen and oxygen atoms in total. The van der Waals surface area contributed by atoms with E-state index >= 15 is 0 Å². The Hall–Kier alpha value is -0.930. The quantitative estimate of drug-likeness (QED) is 0.860. The summed E-state index contributed by atoms with van der Waals surface area (Å²) in [6.07, 6.45) is 7.60. The molecule has 2 atom stereocenters. The van der Waals surface area contributed by atoms with Crippen LogP contribution in [0.2, 0.25) is 0 Å². The SMILES string of the molecule is OC1(C2CCc3cccnc32)CCN(C2CC2)C1. The van der Waals surface area contributed by atoms with Crippen molar-refractivity contribution < 1.29 is 5.11 Å². The van der Waals surface area contributed by atoms with Crippen LogP contribution in [0.3, 0.4) is 0 Å². The second kappa shape index (κ2) is 3.78. The van der Waals surface area contributed by atoms with Crippen LogP contribution in [-0.2, 0) is 6.42 Å². The first-order valence-corrected chi connectivity index (χ1v) is 7.16. The fourth-order valence-electron chi connectivity index (χ4n) is 3.82. The largest absolute Gasteiger partial charge is 0.388 e. The lowest BCUT2D eigenvalue weighted by atomic mass is 9.84. The number of rotatable bonds is 2. The molecule has 2 fully saturated rings. The Morgan fingerprint density at radius 1 is 1.33 bits per heavy atom. The van der Waals surface area contributed by atoms with Crippen molar-refractivity contribution in [3.63, 3.8) is 0 Å². The molecule has 1 aromatic rings. The van der Waals surface area contributed by atoms with Gasteiger partial charge in [-0.25, -0.2) is 0 Å². The van der Waals surface area contributed by atoms with Gasteiger partial charge in [-0.2, -0.15) is 0 Å². The highest BCUT2D eigenvalue weighted by atomic mass is 16.3. The Morgan fingerprint density at radius 3 is 3.06 bits per heavy atom. The number of β-amino-alcohol motifs (C(OH)–C–C–N with tert-alkyl or cyclic N) is 1. The second-order valence-corrected chi connectivity index (χ2v) is 6.19. The predicted octanol–water partition coefficient (Wildman–Crippen LogP) is 1.71. The van der Waals surface area contributed by atoms with Gasteiger partial charge in [0.2, 0.25) is 0 Å². The van der Waals surface area contributed by atoms with E-state index in [2.05, 4.69) is 16.0 Å². The number of hydrogen-bond acceptors (Lipinski definition) is 3. The van der Waals surface area contributed by atoms with Crippen LogP contribution in [0.1, 0.15) is 42.9 Å². The van der Waals surface area contributed by atoms with E-state index in [0.717, 1.165) is 44.1 Å². The van der Waals surface area contributed by atoms with Crippen LogP contribution in [0.25, 0.3) is 0 Å². The Labute approximate surface area is 108 Å². The van der Waals surface area contributed by atoms with E-state index in [0.29, 0.717) is 0 Å². The third-order valence-corrected chi connectivity index (χ3v) is 4.98. The molecule has 0 amide bonds. The number of aromatic nitrogens is 1. The summed E-state index contributed by atoms with van der Waals surface area (Å²) < 4.78 is 0. The minimum absolute atomic E-state index is 0.262. The van der Waals surface area contributed by atoms with Gasteiger partial charge in [-0.15, -0.1) is 0 Å². The van der Waals surface area contributed by atoms with Gasteiger partial charge in [0.15, 0.2) is 0 Å². The Morgan fingerprint density at radius 2 is 2.22 bits per heavy atom. The first-order chi connectivity index (χ1) is 8.76. The number of fused-ring (bicyclic) bond motifs is 1. The molecule has 0 spiro atoms. The average molecular weight is 244 g/mol. The van der Waals surface area contributed by atoms with Gasteiger partial charge in [-0.3, -0.25) is 9.88 Å². The highest BCUT2D eigenvalue weighted by molar-refractivity contribution is 5.32. The van der Waals surface area contributed by atoms with Gasteiger partial charge in [-0.05, 0) is 43.7 Å². The fourth-order valence-corrected chi connectivity index (χ4v) is 3.82. The minimum Gasteiger partial charge on any atom is -0.388 e. The summed E-state index contributed by atoms with van der Waals surface area (Å²) >= 11 is 0. The molecular formula is C15H20N2O. The van der Waals surface area contributed by atoms with Crippen molar-refractivity contribution >= 4 is 0 Å². The first-order valence-electron chi connectivity index (χ1n) is 7.16. The maximum Gasteiger partial charge on any atom is 0.0869 e.